The quantitative estimate of drug-likeness (QED) is 0.740. The molecule has 1 atom stereocenters. The average Bonchev–Trinajstić information content (AvgIpc) is 2.25. The number of para-hydroxylation sites is 1. The van der Waals surface area contributed by atoms with Crippen LogP contribution in [0, 0.1) is 5.41 Å². The molecule has 1 saturated carbocycles. The summed E-state index contributed by atoms with van der Waals surface area (Å²) >= 11 is 0. The van der Waals surface area contributed by atoms with E-state index in [0.29, 0.717) is 18.1 Å². The van der Waals surface area contributed by atoms with Gasteiger partial charge >= 0.3 is 0 Å². The Bertz CT molecular complexity index is 393. The Morgan fingerprint density at radius 1 is 1.33 bits per heavy atom. The predicted molar refractivity (Wildman–Crippen MR) is 59.1 cm³/mol. The first-order chi connectivity index (χ1) is 7.07. The number of Topliss-reactive ketones (excluding diaryl/α,β-unsaturated/α-hetero) is 1. The molecule has 1 aliphatic carbocycles. The highest BCUT2D eigenvalue weighted by Crippen LogP contribution is 2.51. The van der Waals surface area contributed by atoms with Crippen LogP contribution in [0.4, 0.5) is 0 Å². The first kappa shape index (κ1) is 10.2. The van der Waals surface area contributed by atoms with Crippen LogP contribution in [-0.2, 0) is 4.79 Å². The van der Waals surface area contributed by atoms with E-state index in [4.69, 9.17) is 4.74 Å². The van der Waals surface area contributed by atoms with Crippen LogP contribution in [0.25, 0.3) is 0 Å². The molecule has 0 heterocycles. The van der Waals surface area contributed by atoms with Crippen LogP contribution in [0.1, 0.15) is 31.7 Å². The minimum absolute atomic E-state index is 0.228. The molecule has 1 aromatic rings. The summed E-state index contributed by atoms with van der Waals surface area (Å²) in [5.74, 6) is 1.54. The minimum atomic E-state index is -0.228. The molecular weight excluding hydrogens is 188 g/mol. The van der Waals surface area contributed by atoms with E-state index >= 15 is 0 Å². The summed E-state index contributed by atoms with van der Waals surface area (Å²) in [5.41, 5.74) is 0.929. The van der Waals surface area contributed by atoms with Crippen molar-refractivity contribution in [3.63, 3.8) is 0 Å². The fourth-order valence-electron chi connectivity index (χ4n) is 2.22. The van der Waals surface area contributed by atoms with Gasteiger partial charge in [0, 0.05) is 17.8 Å². The molecule has 1 aliphatic rings. The molecule has 0 saturated heterocycles. The lowest BCUT2D eigenvalue weighted by Crippen LogP contribution is -2.43. The Kier molecular flexibility index (Phi) is 2.29. The predicted octanol–water partition coefficient (Wildman–Crippen LogP) is 2.78. The van der Waals surface area contributed by atoms with Crippen LogP contribution in [0.2, 0.25) is 0 Å². The molecule has 1 aromatic carbocycles. The number of benzene rings is 1. The summed E-state index contributed by atoms with van der Waals surface area (Å²) in [4.78, 5) is 11.5. The van der Waals surface area contributed by atoms with E-state index in [9.17, 15) is 4.79 Å². The molecule has 0 aromatic heterocycles. The van der Waals surface area contributed by atoms with E-state index in [1.54, 1.807) is 7.11 Å². The Balaban J connectivity index is 2.35. The third kappa shape index (κ3) is 1.44. The maximum absolute atomic E-state index is 11.5. The van der Waals surface area contributed by atoms with Crippen LogP contribution in [-0.4, -0.2) is 12.9 Å². The number of hydrogen-bond donors (Lipinski definition) is 0. The van der Waals surface area contributed by atoms with Crippen molar-refractivity contribution >= 4 is 5.78 Å². The molecule has 0 N–H and O–H groups in total. The summed E-state index contributed by atoms with van der Waals surface area (Å²) in [5, 5.41) is 0. The Morgan fingerprint density at radius 3 is 2.53 bits per heavy atom. The van der Waals surface area contributed by atoms with Crippen LogP contribution in [0.5, 0.6) is 5.75 Å². The third-order valence-corrected chi connectivity index (χ3v) is 3.49. The van der Waals surface area contributed by atoms with E-state index in [-0.39, 0.29) is 5.41 Å². The van der Waals surface area contributed by atoms with Crippen LogP contribution < -0.4 is 4.74 Å². The highest BCUT2D eigenvalue weighted by molar-refractivity contribution is 5.92. The number of hydrogen-bond acceptors (Lipinski definition) is 2. The molecule has 2 rings (SSSR count). The van der Waals surface area contributed by atoms with Gasteiger partial charge in [0.15, 0.2) is 0 Å². The standard InChI is InChI=1S/C13H16O2/c1-13(2)10(8-12(13)14)9-6-4-5-7-11(9)15-3/h4-7,10H,8H2,1-3H3. The maximum atomic E-state index is 11.5. The molecule has 0 amide bonds. The number of ether oxygens (including phenoxy) is 1. The van der Waals surface area contributed by atoms with Gasteiger partial charge in [0.1, 0.15) is 11.5 Å². The number of ketones is 1. The zero-order valence-corrected chi connectivity index (χ0v) is 9.41. The molecule has 80 valence electrons. The number of carbonyl (C=O) groups excluding carboxylic acids is 1. The van der Waals surface area contributed by atoms with Crippen LogP contribution in [0.3, 0.4) is 0 Å². The lowest BCUT2D eigenvalue weighted by Gasteiger charge is -2.43. The fourth-order valence-corrected chi connectivity index (χ4v) is 2.22. The van der Waals surface area contributed by atoms with Crippen molar-refractivity contribution in [2.75, 3.05) is 7.11 Å². The summed E-state index contributed by atoms with van der Waals surface area (Å²) in [6.45, 7) is 4.02. The molecule has 0 bridgehead atoms. The lowest BCUT2D eigenvalue weighted by atomic mass is 9.59. The normalized spacial score (nSPS) is 23.4. The summed E-state index contributed by atoms with van der Waals surface area (Å²) in [6, 6.07) is 7.96. The molecule has 1 unspecified atom stereocenters. The number of carbonyl (C=O) groups is 1. The summed E-state index contributed by atoms with van der Waals surface area (Å²) in [7, 11) is 1.67. The van der Waals surface area contributed by atoms with E-state index in [1.165, 1.54) is 0 Å². The second-order valence-corrected chi connectivity index (χ2v) is 4.64. The van der Waals surface area contributed by atoms with E-state index in [0.717, 1.165) is 11.3 Å². The summed E-state index contributed by atoms with van der Waals surface area (Å²) < 4.78 is 5.32. The SMILES string of the molecule is COc1ccccc1C1CC(=O)C1(C)C. The zero-order valence-electron chi connectivity index (χ0n) is 9.41. The number of methoxy groups -OCH3 is 1. The highest BCUT2D eigenvalue weighted by Gasteiger charge is 2.48. The zero-order chi connectivity index (χ0) is 11.1. The molecule has 0 radical (unpaired) electrons. The second kappa shape index (κ2) is 3.37. The van der Waals surface area contributed by atoms with Crippen LogP contribution in [0.15, 0.2) is 24.3 Å². The molecule has 1 fully saturated rings. The Morgan fingerprint density at radius 2 is 2.00 bits per heavy atom. The van der Waals surface area contributed by atoms with Gasteiger partial charge in [-0.2, -0.15) is 0 Å². The van der Waals surface area contributed by atoms with Gasteiger partial charge in [-0.05, 0) is 11.6 Å². The second-order valence-electron chi connectivity index (χ2n) is 4.64. The molecule has 15 heavy (non-hydrogen) atoms. The molecule has 2 nitrogen and oxygen atoms in total. The van der Waals surface area contributed by atoms with Crippen LogP contribution >= 0.6 is 0 Å². The van der Waals surface area contributed by atoms with Gasteiger partial charge in [-0.25, -0.2) is 0 Å². The molecular formula is C13H16O2. The molecule has 0 aliphatic heterocycles. The first-order valence-electron chi connectivity index (χ1n) is 5.23. The van der Waals surface area contributed by atoms with Crippen molar-refractivity contribution in [2.45, 2.75) is 26.2 Å². The van der Waals surface area contributed by atoms with E-state index in [2.05, 4.69) is 6.07 Å². The fraction of sp³-hybridized carbons (Fsp3) is 0.462. The smallest absolute Gasteiger partial charge is 0.139 e. The van der Waals surface area contributed by atoms with E-state index in [1.807, 2.05) is 32.0 Å². The average molecular weight is 204 g/mol. The maximum Gasteiger partial charge on any atom is 0.139 e. The van der Waals surface area contributed by atoms with Gasteiger partial charge in [-0.1, -0.05) is 32.0 Å². The first-order valence-corrected chi connectivity index (χ1v) is 5.23. The third-order valence-electron chi connectivity index (χ3n) is 3.49. The molecule has 2 heteroatoms. The van der Waals surface area contributed by atoms with Gasteiger partial charge in [0.2, 0.25) is 0 Å². The Labute approximate surface area is 90.3 Å². The van der Waals surface area contributed by atoms with Crippen molar-refractivity contribution in [1.29, 1.82) is 0 Å². The number of rotatable bonds is 2. The lowest BCUT2D eigenvalue weighted by molar-refractivity contribution is -0.138. The van der Waals surface area contributed by atoms with Gasteiger partial charge < -0.3 is 4.74 Å². The van der Waals surface area contributed by atoms with Gasteiger partial charge in [-0.15, -0.1) is 0 Å². The topological polar surface area (TPSA) is 26.3 Å². The summed E-state index contributed by atoms with van der Waals surface area (Å²) in [6.07, 6.45) is 0.646. The van der Waals surface area contributed by atoms with Gasteiger partial charge in [-0.3, -0.25) is 4.79 Å². The highest BCUT2D eigenvalue weighted by atomic mass is 16.5. The molecule has 0 spiro atoms. The van der Waals surface area contributed by atoms with Crippen molar-refractivity contribution < 1.29 is 9.53 Å². The van der Waals surface area contributed by atoms with Gasteiger partial charge in [0.25, 0.3) is 0 Å². The van der Waals surface area contributed by atoms with Crippen molar-refractivity contribution in [3.8, 4) is 5.75 Å². The van der Waals surface area contributed by atoms with Gasteiger partial charge in [0.05, 0.1) is 7.11 Å². The monoisotopic (exact) mass is 204 g/mol. The van der Waals surface area contributed by atoms with Crippen molar-refractivity contribution in [3.05, 3.63) is 29.8 Å². The Hall–Kier alpha value is -1.31. The minimum Gasteiger partial charge on any atom is -0.496 e. The largest absolute Gasteiger partial charge is 0.496 e. The van der Waals surface area contributed by atoms with Crippen molar-refractivity contribution in [2.24, 2.45) is 5.41 Å². The van der Waals surface area contributed by atoms with E-state index < -0.39 is 0 Å². The van der Waals surface area contributed by atoms with Crippen molar-refractivity contribution in [1.82, 2.24) is 0 Å².